The fourth-order valence-corrected chi connectivity index (χ4v) is 3.28. The summed E-state index contributed by atoms with van der Waals surface area (Å²) in [7, 11) is 0. The summed E-state index contributed by atoms with van der Waals surface area (Å²) in [5, 5.41) is 0. The maximum atomic E-state index is 12.7. The zero-order chi connectivity index (χ0) is 17.0. The summed E-state index contributed by atoms with van der Waals surface area (Å²) < 4.78 is 0. The topological polar surface area (TPSA) is 67.8 Å². The van der Waals surface area contributed by atoms with Crippen LogP contribution in [0.5, 0.6) is 0 Å². The molecule has 0 spiro atoms. The first-order valence-corrected chi connectivity index (χ1v) is 8.07. The summed E-state index contributed by atoms with van der Waals surface area (Å²) >= 11 is 0. The van der Waals surface area contributed by atoms with E-state index in [1.165, 1.54) is 0 Å². The van der Waals surface area contributed by atoms with Crippen LogP contribution in [0, 0.1) is 0 Å². The van der Waals surface area contributed by atoms with Crippen molar-refractivity contribution in [3.05, 3.63) is 71.8 Å². The zero-order valence-corrected chi connectivity index (χ0v) is 13.7. The van der Waals surface area contributed by atoms with E-state index in [1.807, 2.05) is 67.6 Å². The van der Waals surface area contributed by atoms with Gasteiger partial charge in [-0.25, -0.2) is 0 Å². The first-order valence-electron chi connectivity index (χ1n) is 8.07. The molecular weight excluding hydrogens is 298 g/mol. The molecule has 0 aliphatic carbocycles. The molecule has 0 saturated carbocycles. The smallest absolute Gasteiger partial charge is 0.232 e. The van der Waals surface area contributed by atoms with Crippen molar-refractivity contribution in [2.24, 2.45) is 15.7 Å². The van der Waals surface area contributed by atoms with Crippen LogP contribution in [0.4, 0.5) is 0 Å². The number of aliphatic imine (C=N–C) groups is 2. The van der Waals surface area contributed by atoms with Crippen LogP contribution in [0.15, 0.2) is 70.6 Å². The molecule has 122 valence electrons. The van der Waals surface area contributed by atoms with Gasteiger partial charge in [0.05, 0.1) is 5.41 Å². The summed E-state index contributed by atoms with van der Waals surface area (Å²) in [6, 6.07) is 19.4. The maximum Gasteiger partial charge on any atom is 0.232 e. The van der Waals surface area contributed by atoms with Crippen molar-refractivity contribution in [1.82, 2.24) is 0 Å². The lowest BCUT2D eigenvalue weighted by Gasteiger charge is -2.34. The van der Waals surface area contributed by atoms with E-state index in [0.29, 0.717) is 12.8 Å². The molecule has 2 N–H and O–H groups in total. The summed E-state index contributed by atoms with van der Waals surface area (Å²) in [6.07, 6.45) is 4.59. The largest absolute Gasteiger partial charge is 0.369 e. The van der Waals surface area contributed by atoms with Gasteiger partial charge in [-0.05, 0) is 30.9 Å². The predicted octanol–water partition coefficient (Wildman–Crippen LogP) is 3.11. The standard InChI is InChI=1S/C20H21N3O/c1-19(22-14-15-23-19)12-13-20(18(21)24,16-8-4-2-5-9-16)17-10-6-3-7-11-17/h2-11,14-15H,12-13H2,1H3,(H2,21,24). The SMILES string of the molecule is CC1(CCC(C(N)=O)(c2ccccc2)c2ccccc2)N=CC=N1. The van der Waals surface area contributed by atoms with E-state index in [2.05, 4.69) is 9.98 Å². The summed E-state index contributed by atoms with van der Waals surface area (Å²) in [6.45, 7) is 1.97. The van der Waals surface area contributed by atoms with Crippen molar-refractivity contribution in [2.45, 2.75) is 30.8 Å². The van der Waals surface area contributed by atoms with E-state index in [9.17, 15) is 4.79 Å². The lowest BCUT2D eigenvalue weighted by molar-refractivity contribution is -0.122. The van der Waals surface area contributed by atoms with Crippen molar-refractivity contribution >= 4 is 18.3 Å². The molecule has 0 unspecified atom stereocenters. The number of amides is 1. The Bertz CT molecular complexity index is 714. The molecule has 24 heavy (non-hydrogen) atoms. The number of carbonyl (C=O) groups is 1. The lowest BCUT2D eigenvalue weighted by atomic mass is 9.70. The molecule has 1 aliphatic rings. The molecule has 1 aliphatic heterocycles. The fraction of sp³-hybridized carbons (Fsp3) is 0.250. The second kappa shape index (κ2) is 6.40. The molecule has 0 bridgehead atoms. The highest BCUT2D eigenvalue weighted by Gasteiger charge is 2.42. The van der Waals surface area contributed by atoms with Crippen LogP contribution in [-0.4, -0.2) is 24.0 Å². The van der Waals surface area contributed by atoms with Crippen LogP contribution in [0.25, 0.3) is 0 Å². The van der Waals surface area contributed by atoms with E-state index < -0.39 is 11.1 Å². The second-order valence-corrected chi connectivity index (χ2v) is 6.27. The van der Waals surface area contributed by atoms with Crippen molar-refractivity contribution in [3.63, 3.8) is 0 Å². The molecule has 0 saturated heterocycles. The Hall–Kier alpha value is -2.75. The third kappa shape index (κ3) is 2.87. The Kier molecular flexibility index (Phi) is 4.30. The fourth-order valence-electron chi connectivity index (χ4n) is 3.28. The summed E-state index contributed by atoms with van der Waals surface area (Å²) in [5.74, 6) is -0.352. The zero-order valence-electron chi connectivity index (χ0n) is 13.7. The van der Waals surface area contributed by atoms with Crippen molar-refractivity contribution in [1.29, 1.82) is 0 Å². The van der Waals surface area contributed by atoms with Crippen molar-refractivity contribution < 1.29 is 4.79 Å². The molecule has 2 aromatic rings. The highest BCUT2D eigenvalue weighted by atomic mass is 16.1. The number of rotatable bonds is 6. The Morgan fingerprint density at radius 3 is 1.83 bits per heavy atom. The average molecular weight is 319 g/mol. The Morgan fingerprint density at radius 1 is 0.958 bits per heavy atom. The Morgan fingerprint density at radius 2 is 1.42 bits per heavy atom. The average Bonchev–Trinajstić information content (AvgIpc) is 3.04. The van der Waals surface area contributed by atoms with Crippen molar-refractivity contribution in [3.8, 4) is 0 Å². The van der Waals surface area contributed by atoms with Crippen LogP contribution < -0.4 is 5.73 Å². The molecule has 1 heterocycles. The molecule has 4 nitrogen and oxygen atoms in total. The van der Waals surface area contributed by atoms with Gasteiger partial charge in [-0.3, -0.25) is 14.8 Å². The van der Waals surface area contributed by atoms with Gasteiger partial charge in [0.2, 0.25) is 5.91 Å². The normalized spacial score (nSPS) is 15.5. The lowest BCUT2D eigenvalue weighted by Crippen LogP contribution is -2.43. The van der Waals surface area contributed by atoms with Crippen LogP contribution in [0.3, 0.4) is 0 Å². The number of hydrogen-bond donors (Lipinski definition) is 1. The molecule has 0 radical (unpaired) electrons. The van der Waals surface area contributed by atoms with Crippen LogP contribution >= 0.6 is 0 Å². The van der Waals surface area contributed by atoms with Gasteiger partial charge in [-0.2, -0.15) is 0 Å². The molecule has 3 rings (SSSR count). The van der Waals surface area contributed by atoms with E-state index in [-0.39, 0.29) is 5.91 Å². The van der Waals surface area contributed by atoms with Gasteiger partial charge >= 0.3 is 0 Å². The van der Waals surface area contributed by atoms with E-state index in [0.717, 1.165) is 11.1 Å². The minimum Gasteiger partial charge on any atom is -0.369 e. The van der Waals surface area contributed by atoms with E-state index in [4.69, 9.17) is 5.73 Å². The van der Waals surface area contributed by atoms with E-state index >= 15 is 0 Å². The van der Waals surface area contributed by atoms with Gasteiger partial charge in [0, 0.05) is 12.4 Å². The first kappa shape index (κ1) is 16.1. The summed E-state index contributed by atoms with van der Waals surface area (Å²) in [4.78, 5) is 21.5. The van der Waals surface area contributed by atoms with E-state index in [1.54, 1.807) is 12.4 Å². The molecule has 1 amide bonds. The van der Waals surface area contributed by atoms with Crippen LogP contribution in [0.2, 0.25) is 0 Å². The van der Waals surface area contributed by atoms with Crippen LogP contribution in [-0.2, 0) is 10.2 Å². The molecule has 0 fully saturated rings. The van der Waals surface area contributed by atoms with Gasteiger partial charge in [-0.15, -0.1) is 0 Å². The van der Waals surface area contributed by atoms with Crippen LogP contribution in [0.1, 0.15) is 30.9 Å². The van der Waals surface area contributed by atoms with Crippen molar-refractivity contribution in [2.75, 3.05) is 0 Å². The monoisotopic (exact) mass is 319 g/mol. The number of primary amides is 1. The Balaban J connectivity index is 2.07. The highest BCUT2D eigenvalue weighted by Crippen LogP contribution is 2.39. The van der Waals surface area contributed by atoms with Gasteiger partial charge in [0.15, 0.2) is 0 Å². The third-order valence-corrected chi connectivity index (χ3v) is 4.70. The number of hydrogen-bond acceptors (Lipinski definition) is 3. The molecule has 4 heteroatoms. The van der Waals surface area contributed by atoms with Gasteiger partial charge < -0.3 is 5.73 Å². The third-order valence-electron chi connectivity index (χ3n) is 4.70. The number of nitrogens with zero attached hydrogens (tertiary/aromatic N) is 2. The maximum absolute atomic E-state index is 12.7. The minimum absolute atomic E-state index is 0.352. The summed E-state index contributed by atoms with van der Waals surface area (Å²) in [5.41, 5.74) is 6.34. The minimum atomic E-state index is -0.890. The number of nitrogens with two attached hydrogens (primary N) is 1. The number of carbonyl (C=O) groups excluding carboxylic acids is 1. The second-order valence-electron chi connectivity index (χ2n) is 6.27. The first-order chi connectivity index (χ1) is 11.6. The number of benzene rings is 2. The quantitative estimate of drug-likeness (QED) is 0.873. The van der Waals surface area contributed by atoms with Gasteiger partial charge in [0.1, 0.15) is 5.66 Å². The molecular formula is C20H21N3O. The molecule has 0 atom stereocenters. The predicted molar refractivity (Wildman–Crippen MR) is 97.5 cm³/mol. The van der Waals surface area contributed by atoms with Gasteiger partial charge in [0.25, 0.3) is 0 Å². The molecule has 0 aromatic heterocycles. The highest BCUT2D eigenvalue weighted by molar-refractivity contribution is 6.17. The molecule has 2 aromatic carbocycles. The van der Waals surface area contributed by atoms with Gasteiger partial charge in [-0.1, -0.05) is 60.7 Å². The Labute approximate surface area is 142 Å².